The number of aliphatic hydroxyl groups is 1. The minimum Gasteiger partial charge on any atom is -0.382 e. The van der Waals surface area contributed by atoms with Crippen LogP contribution < -0.4 is 5.32 Å². The summed E-state index contributed by atoms with van der Waals surface area (Å²) in [7, 11) is 0.133. The van der Waals surface area contributed by atoms with Gasteiger partial charge in [0.15, 0.2) is 6.10 Å². The van der Waals surface area contributed by atoms with Crippen molar-refractivity contribution < 1.29 is 27.3 Å². The summed E-state index contributed by atoms with van der Waals surface area (Å²) in [5.41, 5.74) is 0. The van der Waals surface area contributed by atoms with Crippen LogP contribution in [0.25, 0.3) is 0 Å². The van der Waals surface area contributed by atoms with Crippen LogP contribution in [0.5, 0.6) is 0 Å². The van der Waals surface area contributed by atoms with E-state index in [1.165, 1.54) is 7.05 Å². The molecule has 4 atom stereocenters. The van der Waals surface area contributed by atoms with Gasteiger partial charge in [-0.05, 0) is 12.8 Å². The molecule has 0 heterocycles. The van der Waals surface area contributed by atoms with Gasteiger partial charge in [-0.1, -0.05) is 19.8 Å². The molecule has 0 aromatic carbocycles. The van der Waals surface area contributed by atoms with Crippen LogP contribution >= 0.6 is 0 Å². The SMILES string of the molecule is CC[S@](=O)[C@@H]1CCCC[C@@H]1NC(=O)N(C)C[C@@H](O)C(F)(F)F. The highest BCUT2D eigenvalue weighted by atomic mass is 32.2. The van der Waals surface area contributed by atoms with Crippen molar-refractivity contribution in [3.05, 3.63) is 0 Å². The molecule has 0 radical (unpaired) electrons. The lowest BCUT2D eigenvalue weighted by Crippen LogP contribution is -2.52. The van der Waals surface area contributed by atoms with Crippen molar-refractivity contribution in [2.45, 2.75) is 56.2 Å². The molecule has 22 heavy (non-hydrogen) atoms. The third-order valence-electron chi connectivity index (χ3n) is 3.80. The zero-order chi connectivity index (χ0) is 16.9. The average Bonchev–Trinajstić information content (AvgIpc) is 2.45. The van der Waals surface area contributed by atoms with E-state index in [4.69, 9.17) is 5.11 Å². The molecule has 1 aliphatic rings. The molecular weight excluding hydrogens is 321 g/mol. The summed E-state index contributed by atoms with van der Waals surface area (Å²) in [5.74, 6) is 0.486. The molecule has 0 saturated heterocycles. The maximum absolute atomic E-state index is 12.3. The first-order valence-electron chi connectivity index (χ1n) is 7.30. The number of hydrogen-bond donors (Lipinski definition) is 2. The number of halogens is 3. The topological polar surface area (TPSA) is 69.6 Å². The first-order valence-corrected chi connectivity index (χ1v) is 8.68. The predicted molar refractivity (Wildman–Crippen MR) is 78.0 cm³/mol. The zero-order valence-corrected chi connectivity index (χ0v) is 13.5. The van der Waals surface area contributed by atoms with Gasteiger partial charge in [-0.15, -0.1) is 0 Å². The van der Waals surface area contributed by atoms with Crippen molar-refractivity contribution in [1.82, 2.24) is 10.2 Å². The summed E-state index contributed by atoms with van der Waals surface area (Å²) in [6.07, 6.45) is -4.11. The van der Waals surface area contributed by atoms with E-state index in [-0.39, 0.29) is 11.3 Å². The number of amides is 2. The molecule has 0 aromatic heterocycles. The van der Waals surface area contributed by atoms with E-state index < -0.39 is 35.7 Å². The van der Waals surface area contributed by atoms with Crippen LogP contribution in [-0.4, -0.2) is 63.2 Å². The van der Waals surface area contributed by atoms with Crippen LogP contribution in [0.4, 0.5) is 18.0 Å². The molecule has 1 saturated carbocycles. The average molecular weight is 344 g/mol. The van der Waals surface area contributed by atoms with Crippen LogP contribution in [0.2, 0.25) is 0 Å². The Hall–Kier alpha value is -0.830. The van der Waals surface area contributed by atoms with Gasteiger partial charge in [0, 0.05) is 29.6 Å². The quantitative estimate of drug-likeness (QED) is 0.796. The normalized spacial score (nSPS) is 25.4. The summed E-state index contributed by atoms with van der Waals surface area (Å²) in [4.78, 5) is 12.8. The van der Waals surface area contributed by atoms with Crippen molar-refractivity contribution in [3.8, 4) is 0 Å². The fourth-order valence-electron chi connectivity index (χ4n) is 2.51. The maximum atomic E-state index is 12.3. The summed E-state index contributed by atoms with van der Waals surface area (Å²) >= 11 is 0. The smallest absolute Gasteiger partial charge is 0.382 e. The van der Waals surface area contributed by atoms with E-state index in [0.717, 1.165) is 24.2 Å². The predicted octanol–water partition coefficient (Wildman–Crippen LogP) is 1.63. The van der Waals surface area contributed by atoms with Crippen molar-refractivity contribution >= 4 is 16.8 Å². The van der Waals surface area contributed by atoms with Crippen LogP contribution in [0.1, 0.15) is 32.6 Å². The lowest BCUT2D eigenvalue weighted by molar-refractivity contribution is -0.205. The molecule has 0 unspecified atom stereocenters. The Labute approximate surface area is 130 Å². The molecule has 1 rings (SSSR count). The Morgan fingerprint density at radius 1 is 1.41 bits per heavy atom. The first kappa shape index (κ1) is 19.2. The molecule has 0 aromatic rings. The van der Waals surface area contributed by atoms with E-state index in [1.807, 2.05) is 0 Å². The Bertz CT molecular complexity index is 406. The zero-order valence-electron chi connectivity index (χ0n) is 12.7. The summed E-state index contributed by atoms with van der Waals surface area (Å²) in [5, 5.41) is 11.5. The van der Waals surface area contributed by atoms with Gasteiger partial charge in [0.05, 0.1) is 11.8 Å². The second kappa shape index (κ2) is 8.14. The molecule has 1 aliphatic carbocycles. The molecular formula is C13H23F3N2O3S. The number of carbonyl (C=O) groups is 1. The third-order valence-corrected chi connectivity index (χ3v) is 5.61. The van der Waals surface area contributed by atoms with Gasteiger partial charge >= 0.3 is 12.2 Å². The molecule has 130 valence electrons. The lowest BCUT2D eigenvalue weighted by Gasteiger charge is -2.33. The van der Waals surface area contributed by atoms with Gasteiger partial charge in [-0.25, -0.2) is 4.79 Å². The highest BCUT2D eigenvalue weighted by molar-refractivity contribution is 7.85. The monoisotopic (exact) mass is 344 g/mol. The highest BCUT2D eigenvalue weighted by Gasteiger charge is 2.40. The number of nitrogens with one attached hydrogen (secondary N) is 1. The van der Waals surface area contributed by atoms with Crippen LogP contribution in [0.3, 0.4) is 0 Å². The molecule has 2 N–H and O–H groups in total. The van der Waals surface area contributed by atoms with Crippen LogP contribution in [0, 0.1) is 0 Å². The van der Waals surface area contributed by atoms with Gasteiger partial charge in [0.1, 0.15) is 0 Å². The Morgan fingerprint density at radius 3 is 2.55 bits per heavy atom. The number of urea groups is 1. The van der Waals surface area contributed by atoms with Gasteiger partial charge < -0.3 is 15.3 Å². The minimum atomic E-state index is -4.76. The molecule has 0 spiro atoms. The van der Waals surface area contributed by atoms with E-state index in [9.17, 15) is 22.2 Å². The molecule has 5 nitrogen and oxygen atoms in total. The van der Waals surface area contributed by atoms with Crippen LogP contribution in [-0.2, 0) is 10.8 Å². The third kappa shape index (κ3) is 5.42. The van der Waals surface area contributed by atoms with E-state index in [0.29, 0.717) is 12.2 Å². The van der Waals surface area contributed by atoms with Gasteiger partial charge in [-0.3, -0.25) is 4.21 Å². The number of carbonyl (C=O) groups excluding carboxylic acids is 1. The fraction of sp³-hybridized carbons (Fsp3) is 0.923. The molecule has 0 aliphatic heterocycles. The largest absolute Gasteiger partial charge is 0.416 e. The summed E-state index contributed by atoms with van der Waals surface area (Å²) < 4.78 is 48.9. The fourth-order valence-corrected chi connectivity index (χ4v) is 3.93. The van der Waals surface area contributed by atoms with Gasteiger partial charge in [0.25, 0.3) is 0 Å². The van der Waals surface area contributed by atoms with Gasteiger partial charge in [-0.2, -0.15) is 13.2 Å². The number of likely N-dealkylation sites (N-methyl/N-ethyl adjacent to an activating group) is 1. The molecule has 0 bridgehead atoms. The summed E-state index contributed by atoms with van der Waals surface area (Å²) in [6, 6.07) is -0.985. The highest BCUT2D eigenvalue weighted by Crippen LogP contribution is 2.24. The number of rotatable bonds is 5. The molecule has 9 heteroatoms. The number of hydrogen-bond acceptors (Lipinski definition) is 3. The van der Waals surface area contributed by atoms with Crippen molar-refractivity contribution in [1.29, 1.82) is 0 Å². The van der Waals surface area contributed by atoms with E-state index in [2.05, 4.69) is 5.32 Å². The maximum Gasteiger partial charge on any atom is 0.416 e. The second-order valence-electron chi connectivity index (χ2n) is 5.49. The Kier molecular flexibility index (Phi) is 7.11. The molecule has 2 amide bonds. The van der Waals surface area contributed by atoms with Crippen molar-refractivity contribution in [2.75, 3.05) is 19.3 Å². The van der Waals surface area contributed by atoms with E-state index in [1.54, 1.807) is 6.92 Å². The first-order chi connectivity index (χ1) is 10.2. The molecule has 1 fully saturated rings. The number of nitrogens with zero attached hydrogens (tertiary/aromatic N) is 1. The van der Waals surface area contributed by atoms with Crippen LogP contribution in [0.15, 0.2) is 0 Å². The number of aliphatic hydroxyl groups excluding tert-OH is 1. The second-order valence-corrected chi connectivity index (χ2v) is 7.43. The Morgan fingerprint density at radius 2 is 2.00 bits per heavy atom. The van der Waals surface area contributed by atoms with Crippen molar-refractivity contribution in [3.63, 3.8) is 0 Å². The summed E-state index contributed by atoms with van der Waals surface area (Å²) in [6.45, 7) is 0.971. The minimum absolute atomic E-state index is 0.163. The van der Waals surface area contributed by atoms with Gasteiger partial charge in [0.2, 0.25) is 0 Å². The standard InChI is InChI=1S/C13H23F3N2O3S/c1-3-22(21)10-7-5-4-6-9(10)17-12(20)18(2)8-11(19)13(14,15)16/h9-11,19H,3-8H2,1-2H3,(H,17,20)/t9-,10+,11+,22-/m0/s1. The lowest BCUT2D eigenvalue weighted by atomic mass is 9.95. The van der Waals surface area contributed by atoms with Crippen molar-refractivity contribution in [2.24, 2.45) is 0 Å². The van der Waals surface area contributed by atoms with E-state index >= 15 is 0 Å². The Balaban J connectivity index is 2.60. The number of alkyl halides is 3.